The van der Waals surface area contributed by atoms with Gasteiger partial charge < -0.3 is 9.47 Å². The number of nitrogens with zero attached hydrogens (tertiary/aromatic N) is 1. The number of rotatable bonds is 10. The summed E-state index contributed by atoms with van der Waals surface area (Å²) in [5.74, 6) is 0.0736. The van der Waals surface area contributed by atoms with E-state index in [9.17, 15) is 4.79 Å². The maximum Gasteiger partial charge on any atom is 0.313 e. The Labute approximate surface area is 156 Å². The fourth-order valence-corrected chi connectivity index (χ4v) is 2.75. The van der Waals surface area contributed by atoms with E-state index in [0.717, 1.165) is 38.3 Å². The molecule has 6 nitrogen and oxygen atoms in total. The van der Waals surface area contributed by atoms with Crippen LogP contribution in [-0.2, 0) is 30.5 Å². The monoisotopic (exact) mass is 365 g/mol. The molecule has 6 heteroatoms. The summed E-state index contributed by atoms with van der Waals surface area (Å²) in [5, 5.41) is 0. The minimum Gasteiger partial charge on any atom is -0.463 e. The first-order chi connectivity index (χ1) is 12.6. The average molecular weight is 365 g/mol. The van der Waals surface area contributed by atoms with Gasteiger partial charge in [-0.2, -0.15) is 0 Å². The summed E-state index contributed by atoms with van der Waals surface area (Å²) >= 11 is 0. The van der Waals surface area contributed by atoms with Crippen LogP contribution in [0.25, 0.3) is 0 Å². The van der Waals surface area contributed by atoms with Crippen LogP contribution in [0.2, 0.25) is 0 Å². The molecule has 1 heterocycles. The molecular formula is C20H31NO5. The zero-order valence-corrected chi connectivity index (χ0v) is 16.1. The summed E-state index contributed by atoms with van der Waals surface area (Å²) in [7, 11) is 0. The van der Waals surface area contributed by atoms with E-state index in [0.29, 0.717) is 12.6 Å². The summed E-state index contributed by atoms with van der Waals surface area (Å²) in [4.78, 5) is 24.4. The summed E-state index contributed by atoms with van der Waals surface area (Å²) in [5.41, 5.74) is 2.25. The van der Waals surface area contributed by atoms with Crippen LogP contribution in [0.5, 0.6) is 0 Å². The average Bonchev–Trinajstić information content (AvgIpc) is 2.64. The summed E-state index contributed by atoms with van der Waals surface area (Å²) < 4.78 is 10.5. The van der Waals surface area contributed by atoms with E-state index in [1.54, 1.807) is 0 Å². The van der Waals surface area contributed by atoms with Crippen LogP contribution in [0.15, 0.2) is 24.3 Å². The van der Waals surface area contributed by atoms with Gasteiger partial charge in [0, 0.05) is 13.1 Å². The third-order valence-electron chi connectivity index (χ3n) is 4.31. The zero-order valence-electron chi connectivity index (χ0n) is 16.1. The maximum atomic E-state index is 12.1. The maximum absolute atomic E-state index is 12.1. The van der Waals surface area contributed by atoms with Crippen molar-refractivity contribution in [1.29, 1.82) is 0 Å². The second-order valence-electron chi connectivity index (χ2n) is 7.03. The van der Waals surface area contributed by atoms with Crippen molar-refractivity contribution >= 4 is 5.97 Å². The molecule has 0 amide bonds. The van der Waals surface area contributed by atoms with Crippen LogP contribution in [0, 0.1) is 5.92 Å². The SMILES string of the molecule is CC(C)Cc1ccc(C(C)C(=O)OCCOOCN2CCOCC2)cc1. The highest BCUT2D eigenvalue weighted by Crippen LogP contribution is 2.18. The molecule has 1 aromatic rings. The van der Waals surface area contributed by atoms with Crippen molar-refractivity contribution < 1.29 is 24.0 Å². The van der Waals surface area contributed by atoms with Gasteiger partial charge in [-0.05, 0) is 30.4 Å². The molecule has 146 valence electrons. The van der Waals surface area contributed by atoms with Crippen molar-refractivity contribution in [3.05, 3.63) is 35.4 Å². The number of hydrogen-bond donors (Lipinski definition) is 0. The summed E-state index contributed by atoms with van der Waals surface area (Å²) in [6, 6.07) is 8.18. The quantitative estimate of drug-likeness (QED) is 0.275. The number of hydrogen-bond acceptors (Lipinski definition) is 6. The Hall–Kier alpha value is -1.47. The first-order valence-corrected chi connectivity index (χ1v) is 9.36. The van der Waals surface area contributed by atoms with Gasteiger partial charge in [-0.25, -0.2) is 9.78 Å². The van der Waals surface area contributed by atoms with Gasteiger partial charge in [0.15, 0.2) is 0 Å². The molecular weight excluding hydrogens is 334 g/mol. The Morgan fingerprint density at radius 2 is 1.77 bits per heavy atom. The van der Waals surface area contributed by atoms with Crippen LogP contribution in [0.4, 0.5) is 0 Å². The van der Waals surface area contributed by atoms with Gasteiger partial charge in [0.05, 0.1) is 19.1 Å². The second kappa shape index (κ2) is 11.3. The number of carbonyl (C=O) groups excluding carboxylic acids is 1. The molecule has 1 fully saturated rings. The molecule has 2 rings (SSSR count). The lowest BCUT2D eigenvalue weighted by molar-refractivity contribution is -0.320. The largest absolute Gasteiger partial charge is 0.463 e. The third-order valence-corrected chi connectivity index (χ3v) is 4.31. The van der Waals surface area contributed by atoms with Gasteiger partial charge in [0.2, 0.25) is 0 Å². The molecule has 1 aliphatic rings. The van der Waals surface area contributed by atoms with Crippen molar-refractivity contribution in [3.8, 4) is 0 Å². The van der Waals surface area contributed by atoms with Gasteiger partial charge in [-0.15, -0.1) is 0 Å². The first-order valence-electron chi connectivity index (χ1n) is 9.36. The number of esters is 1. The van der Waals surface area contributed by atoms with Crippen molar-refractivity contribution in [2.45, 2.75) is 33.1 Å². The Balaban J connectivity index is 1.60. The lowest BCUT2D eigenvalue weighted by Crippen LogP contribution is -2.37. The number of morpholine rings is 1. The molecule has 1 saturated heterocycles. The van der Waals surface area contributed by atoms with Gasteiger partial charge in [0.25, 0.3) is 0 Å². The van der Waals surface area contributed by atoms with E-state index in [1.165, 1.54) is 5.56 Å². The zero-order chi connectivity index (χ0) is 18.8. The molecule has 0 aliphatic carbocycles. The highest BCUT2D eigenvalue weighted by molar-refractivity contribution is 5.77. The first kappa shape index (κ1) is 20.8. The molecule has 0 N–H and O–H groups in total. The minimum atomic E-state index is -0.294. The third kappa shape index (κ3) is 7.41. The highest BCUT2D eigenvalue weighted by atomic mass is 17.2. The van der Waals surface area contributed by atoms with Crippen LogP contribution in [0.1, 0.15) is 37.8 Å². The lowest BCUT2D eigenvalue weighted by Gasteiger charge is -2.25. The summed E-state index contributed by atoms with van der Waals surface area (Å²) in [6.45, 7) is 10.2. The molecule has 1 atom stereocenters. The van der Waals surface area contributed by atoms with Crippen LogP contribution >= 0.6 is 0 Å². The Morgan fingerprint density at radius 1 is 1.08 bits per heavy atom. The smallest absolute Gasteiger partial charge is 0.313 e. The lowest BCUT2D eigenvalue weighted by atomic mass is 9.97. The van der Waals surface area contributed by atoms with E-state index in [4.69, 9.17) is 19.2 Å². The van der Waals surface area contributed by atoms with Crippen molar-refractivity contribution in [2.24, 2.45) is 5.92 Å². The number of carbonyl (C=O) groups is 1. The molecule has 1 aliphatic heterocycles. The minimum absolute atomic E-state index is 0.178. The molecule has 1 unspecified atom stereocenters. The van der Waals surface area contributed by atoms with Crippen molar-refractivity contribution in [2.75, 3.05) is 46.2 Å². The van der Waals surface area contributed by atoms with Crippen LogP contribution in [-0.4, -0.2) is 57.1 Å². The normalized spacial score (nSPS) is 16.6. The van der Waals surface area contributed by atoms with E-state index in [2.05, 4.69) is 30.9 Å². The van der Waals surface area contributed by atoms with Crippen LogP contribution < -0.4 is 0 Å². The predicted molar refractivity (Wildman–Crippen MR) is 98.7 cm³/mol. The summed E-state index contributed by atoms with van der Waals surface area (Å²) in [6.07, 6.45) is 1.04. The van der Waals surface area contributed by atoms with E-state index < -0.39 is 0 Å². The highest BCUT2D eigenvalue weighted by Gasteiger charge is 2.17. The molecule has 0 aromatic heterocycles. The number of benzene rings is 1. The molecule has 1 aromatic carbocycles. The van der Waals surface area contributed by atoms with Gasteiger partial charge in [-0.3, -0.25) is 9.69 Å². The van der Waals surface area contributed by atoms with E-state index >= 15 is 0 Å². The predicted octanol–water partition coefficient (Wildman–Crippen LogP) is 2.77. The Kier molecular flexibility index (Phi) is 9.05. The second-order valence-corrected chi connectivity index (χ2v) is 7.03. The van der Waals surface area contributed by atoms with Crippen molar-refractivity contribution in [3.63, 3.8) is 0 Å². The van der Waals surface area contributed by atoms with Crippen LogP contribution in [0.3, 0.4) is 0 Å². The molecule has 0 saturated carbocycles. The van der Waals surface area contributed by atoms with E-state index in [1.807, 2.05) is 19.1 Å². The molecule has 26 heavy (non-hydrogen) atoms. The fraction of sp³-hybridized carbons (Fsp3) is 0.650. The Morgan fingerprint density at radius 3 is 2.42 bits per heavy atom. The fourth-order valence-electron chi connectivity index (χ4n) is 2.75. The van der Waals surface area contributed by atoms with Gasteiger partial charge >= 0.3 is 5.97 Å². The topological polar surface area (TPSA) is 57.2 Å². The van der Waals surface area contributed by atoms with Crippen molar-refractivity contribution in [1.82, 2.24) is 4.90 Å². The Bertz CT molecular complexity index is 526. The number of ether oxygens (including phenoxy) is 2. The van der Waals surface area contributed by atoms with Gasteiger partial charge in [-0.1, -0.05) is 38.1 Å². The van der Waals surface area contributed by atoms with E-state index in [-0.39, 0.29) is 25.1 Å². The van der Waals surface area contributed by atoms with Gasteiger partial charge in [0.1, 0.15) is 19.9 Å². The standard InChI is InChI=1S/C20H31NO5/c1-16(2)14-18-4-6-19(7-5-18)17(3)20(22)24-12-13-25-26-15-21-8-10-23-11-9-21/h4-7,16-17H,8-15H2,1-3H3. The molecule has 0 spiro atoms. The molecule has 0 radical (unpaired) electrons. The molecule has 0 bridgehead atoms.